The Kier molecular flexibility index (Phi) is 3.55. The summed E-state index contributed by atoms with van der Waals surface area (Å²) in [7, 11) is -3.71. The third-order valence-corrected chi connectivity index (χ3v) is 5.62. The maximum atomic E-state index is 12.7. The van der Waals surface area contributed by atoms with Crippen LogP contribution in [0.3, 0.4) is 0 Å². The van der Waals surface area contributed by atoms with Crippen LogP contribution in [-0.2, 0) is 10.0 Å². The van der Waals surface area contributed by atoms with Gasteiger partial charge in [0.05, 0.1) is 15.3 Å². The normalized spacial score (nSPS) is 12.0. The second-order valence-electron chi connectivity index (χ2n) is 4.54. The quantitative estimate of drug-likeness (QED) is 0.670. The van der Waals surface area contributed by atoms with Gasteiger partial charge in [-0.3, -0.25) is 0 Å². The fourth-order valence-electron chi connectivity index (χ4n) is 2.12. The highest BCUT2D eigenvalue weighted by molar-refractivity contribution is 9.10. The summed E-state index contributed by atoms with van der Waals surface area (Å²) in [4.78, 5) is 4.52. The molecule has 21 heavy (non-hydrogen) atoms. The van der Waals surface area contributed by atoms with E-state index in [2.05, 4.69) is 20.9 Å². The Balaban J connectivity index is 2.37. The fourth-order valence-corrected chi connectivity index (χ4v) is 4.64. The molecule has 0 atom stereocenters. The average molecular weight is 386 g/mol. The van der Waals surface area contributed by atoms with Crippen molar-refractivity contribution in [3.05, 3.63) is 57.8 Å². The summed E-state index contributed by atoms with van der Waals surface area (Å²) in [5.41, 5.74) is 0.971. The van der Waals surface area contributed by atoms with Crippen molar-refractivity contribution in [1.82, 2.24) is 8.96 Å². The van der Waals surface area contributed by atoms with E-state index >= 15 is 0 Å². The summed E-state index contributed by atoms with van der Waals surface area (Å²) in [5, 5.41) is 1.05. The Morgan fingerprint density at radius 3 is 2.57 bits per heavy atom. The van der Waals surface area contributed by atoms with Gasteiger partial charge in [-0.25, -0.2) is 17.4 Å². The van der Waals surface area contributed by atoms with Crippen molar-refractivity contribution in [1.29, 1.82) is 0 Å². The van der Waals surface area contributed by atoms with Crippen LogP contribution >= 0.6 is 27.5 Å². The van der Waals surface area contributed by atoms with Gasteiger partial charge in [-0.1, -0.05) is 29.8 Å². The minimum atomic E-state index is -3.71. The van der Waals surface area contributed by atoms with E-state index in [-0.39, 0.29) is 4.90 Å². The highest BCUT2D eigenvalue weighted by Gasteiger charge is 2.22. The largest absolute Gasteiger partial charge is 0.269 e. The molecule has 0 amide bonds. The van der Waals surface area contributed by atoms with E-state index in [4.69, 9.17) is 11.6 Å². The molecule has 3 rings (SSSR count). The molecule has 0 aliphatic carbocycles. The predicted molar refractivity (Wildman–Crippen MR) is 86.2 cm³/mol. The maximum Gasteiger partial charge on any atom is 0.269 e. The summed E-state index contributed by atoms with van der Waals surface area (Å²) < 4.78 is 27.2. The molecule has 2 heterocycles. The monoisotopic (exact) mass is 384 g/mol. The van der Waals surface area contributed by atoms with Gasteiger partial charge >= 0.3 is 0 Å². The molecule has 0 unspecified atom stereocenters. The van der Waals surface area contributed by atoms with E-state index in [1.807, 2.05) is 0 Å². The van der Waals surface area contributed by atoms with Gasteiger partial charge < -0.3 is 0 Å². The summed E-state index contributed by atoms with van der Waals surface area (Å²) in [6.45, 7) is 1.77. The van der Waals surface area contributed by atoms with E-state index in [0.717, 1.165) is 3.97 Å². The Labute approximate surface area is 135 Å². The van der Waals surface area contributed by atoms with Gasteiger partial charge in [0, 0.05) is 16.4 Å². The number of benzene rings is 1. The predicted octanol–water partition coefficient (Wildman–Crippen LogP) is 4.00. The van der Waals surface area contributed by atoms with Crippen LogP contribution < -0.4 is 0 Å². The molecule has 0 bridgehead atoms. The van der Waals surface area contributed by atoms with Crippen molar-refractivity contribution < 1.29 is 8.42 Å². The Morgan fingerprint density at radius 1 is 1.24 bits per heavy atom. The van der Waals surface area contributed by atoms with Crippen LogP contribution in [-0.4, -0.2) is 17.4 Å². The van der Waals surface area contributed by atoms with Crippen molar-refractivity contribution in [2.24, 2.45) is 0 Å². The van der Waals surface area contributed by atoms with Crippen molar-refractivity contribution in [3.63, 3.8) is 0 Å². The first kappa shape index (κ1) is 14.6. The van der Waals surface area contributed by atoms with Gasteiger partial charge in [0.2, 0.25) is 0 Å². The molecule has 0 saturated heterocycles. The molecule has 0 radical (unpaired) electrons. The van der Waals surface area contributed by atoms with Gasteiger partial charge in [0.15, 0.2) is 5.65 Å². The smallest absolute Gasteiger partial charge is 0.234 e. The Morgan fingerprint density at radius 2 is 1.90 bits per heavy atom. The number of aryl methyl sites for hydroxylation is 1. The number of fused-ring (bicyclic) bond motifs is 1. The molecule has 4 nitrogen and oxygen atoms in total. The van der Waals surface area contributed by atoms with Crippen LogP contribution in [0.5, 0.6) is 0 Å². The van der Waals surface area contributed by atoms with E-state index in [1.54, 1.807) is 43.3 Å². The number of nitrogens with zero attached hydrogens (tertiary/aromatic N) is 2. The Bertz CT molecular complexity index is 937. The first-order valence-electron chi connectivity index (χ1n) is 6.05. The average Bonchev–Trinajstić information content (AvgIpc) is 2.77. The molecule has 0 N–H and O–H groups in total. The van der Waals surface area contributed by atoms with Crippen LogP contribution in [0.4, 0.5) is 0 Å². The summed E-state index contributed by atoms with van der Waals surface area (Å²) in [5.74, 6) is 0. The number of pyridine rings is 1. The highest BCUT2D eigenvalue weighted by atomic mass is 79.9. The molecule has 0 fully saturated rings. The zero-order valence-electron chi connectivity index (χ0n) is 10.9. The Hall–Kier alpha value is -1.37. The molecular weight excluding hydrogens is 376 g/mol. The number of aromatic nitrogens is 2. The van der Waals surface area contributed by atoms with E-state index in [0.29, 0.717) is 26.2 Å². The second kappa shape index (κ2) is 5.12. The molecule has 1 aromatic carbocycles. The summed E-state index contributed by atoms with van der Waals surface area (Å²) >= 11 is 9.55. The van der Waals surface area contributed by atoms with E-state index in [1.165, 1.54) is 6.20 Å². The van der Waals surface area contributed by atoms with Crippen molar-refractivity contribution in [2.75, 3.05) is 0 Å². The number of halogens is 2. The zero-order valence-corrected chi connectivity index (χ0v) is 14.1. The third kappa shape index (κ3) is 2.37. The van der Waals surface area contributed by atoms with E-state index < -0.39 is 10.0 Å². The SMILES string of the molecule is Cc1cc(Cl)c2c(Br)cn(S(=O)(=O)c3ccccc3)c2n1. The van der Waals surface area contributed by atoms with Crippen molar-refractivity contribution in [3.8, 4) is 0 Å². The zero-order chi connectivity index (χ0) is 15.2. The topological polar surface area (TPSA) is 52.0 Å². The number of rotatable bonds is 2. The minimum Gasteiger partial charge on any atom is -0.234 e. The molecular formula is C14H10BrClN2O2S. The summed E-state index contributed by atoms with van der Waals surface area (Å²) in [6.07, 6.45) is 1.48. The van der Waals surface area contributed by atoms with Gasteiger partial charge in [-0.15, -0.1) is 0 Å². The van der Waals surface area contributed by atoms with Crippen molar-refractivity contribution >= 4 is 48.6 Å². The van der Waals surface area contributed by atoms with Gasteiger partial charge in [-0.2, -0.15) is 0 Å². The standard InChI is InChI=1S/C14H10BrClN2O2S/c1-9-7-12(16)13-11(15)8-18(14(13)17-9)21(19,20)10-5-3-2-4-6-10/h2-8H,1H3. The lowest BCUT2D eigenvalue weighted by molar-refractivity contribution is 0.588. The minimum absolute atomic E-state index is 0.203. The van der Waals surface area contributed by atoms with Gasteiger partial charge in [-0.05, 0) is 41.1 Å². The highest BCUT2D eigenvalue weighted by Crippen LogP contribution is 2.33. The molecule has 0 saturated carbocycles. The number of hydrogen-bond acceptors (Lipinski definition) is 3. The lowest BCUT2D eigenvalue weighted by atomic mass is 10.3. The molecule has 0 aliphatic rings. The number of hydrogen-bond donors (Lipinski definition) is 0. The van der Waals surface area contributed by atoms with Crippen LogP contribution in [0.25, 0.3) is 11.0 Å². The molecule has 7 heteroatoms. The van der Waals surface area contributed by atoms with Crippen LogP contribution in [0.2, 0.25) is 5.02 Å². The van der Waals surface area contributed by atoms with Crippen LogP contribution in [0, 0.1) is 6.92 Å². The second-order valence-corrected chi connectivity index (χ2v) is 7.61. The molecule has 0 aliphatic heterocycles. The molecule has 0 spiro atoms. The summed E-state index contributed by atoms with van der Waals surface area (Å²) in [6, 6.07) is 9.92. The van der Waals surface area contributed by atoms with Gasteiger partial charge in [0.1, 0.15) is 0 Å². The third-order valence-electron chi connectivity index (χ3n) is 3.06. The molecule has 2 aromatic heterocycles. The lowest BCUT2D eigenvalue weighted by Crippen LogP contribution is -2.12. The maximum absolute atomic E-state index is 12.7. The van der Waals surface area contributed by atoms with E-state index in [9.17, 15) is 8.42 Å². The fraction of sp³-hybridized carbons (Fsp3) is 0.0714. The first-order valence-corrected chi connectivity index (χ1v) is 8.66. The lowest BCUT2D eigenvalue weighted by Gasteiger charge is -2.07. The molecule has 3 aromatic rings. The first-order chi connectivity index (χ1) is 9.91. The van der Waals surface area contributed by atoms with Crippen LogP contribution in [0.1, 0.15) is 5.69 Å². The molecule has 108 valence electrons. The van der Waals surface area contributed by atoms with Crippen LogP contribution in [0.15, 0.2) is 52.0 Å². The van der Waals surface area contributed by atoms with Gasteiger partial charge in [0.25, 0.3) is 10.0 Å². The van der Waals surface area contributed by atoms with Crippen molar-refractivity contribution in [2.45, 2.75) is 11.8 Å².